The fourth-order valence-corrected chi connectivity index (χ4v) is 3.83. The molecule has 0 bridgehead atoms. The summed E-state index contributed by atoms with van der Waals surface area (Å²) in [5, 5.41) is 0. The first kappa shape index (κ1) is 21.5. The fraction of sp³-hybridized carbons (Fsp3) is 0.417. The van der Waals surface area contributed by atoms with Crippen LogP contribution in [0.3, 0.4) is 0 Å². The van der Waals surface area contributed by atoms with Gasteiger partial charge >= 0.3 is 11.9 Å². The third-order valence-electron chi connectivity index (χ3n) is 5.48. The number of carbonyl (C=O) groups excluding carboxylic acids is 2. The highest BCUT2D eigenvalue weighted by Crippen LogP contribution is 2.37. The molecule has 7 heteroatoms. The maximum absolute atomic E-state index is 12.8. The molecule has 2 aromatic rings. The highest BCUT2D eigenvalue weighted by Gasteiger charge is 2.52. The van der Waals surface area contributed by atoms with Gasteiger partial charge in [0.05, 0.1) is 23.8 Å². The van der Waals surface area contributed by atoms with Gasteiger partial charge in [0.1, 0.15) is 6.10 Å². The highest BCUT2D eigenvalue weighted by molar-refractivity contribution is 5.90. The van der Waals surface area contributed by atoms with Crippen LogP contribution in [0.5, 0.6) is 0 Å². The zero-order chi connectivity index (χ0) is 22.0. The minimum atomic E-state index is -1.09. The molecule has 2 heterocycles. The molecule has 0 N–H and O–H groups in total. The van der Waals surface area contributed by atoms with Crippen molar-refractivity contribution in [3.8, 4) is 0 Å². The lowest BCUT2D eigenvalue weighted by atomic mass is 9.89. The Balaban J connectivity index is 1.57. The second-order valence-corrected chi connectivity index (χ2v) is 8.20. The molecular weight excluding hydrogens is 400 g/mol. The van der Waals surface area contributed by atoms with Crippen molar-refractivity contribution in [1.29, 1.82) is 0 Å². The Hall–Kier alpha value is -2.74. The van der Waals surface area contributed by atoms with Crippen LogP contribution < -0.4 is 0 Å². The van der Waals surface area contributed by atoms with Crippen molar-refractivity contribution in [2.24, 2.45) is 5.92 Å². The Morgan fingerprint density at radius 3 is 2.03 bits per heavy atom. The molecule has 2 unspecified atom stereocenters. The normalized spacial score (nSPS) is 29.5. The van der Waals surface area contributed by atoms with E-state index in [0.29, 0.717) is 11.1 Å². The number of hydrogen-bond donors (Lipinski definition) is 0. The molecule has 2 fully saturated rings. The smallest absolute Gasteiger partial charge is 0.340 e. The second-order valence-electron chi connectivity index (χ2n) is 8.20. The van der Waals surface area contributed by atoms with Crippen LogP contribution in [0, 0.1) is 5.92 Å². The summed E-state index contributed by atoms with van der Waals surface area (Å²) in [6.45, 7) is 5.82. The molecule has 5 atom stereocenters. The lowest BCUT2D eigenvalue weighted by Gasteiger charge is -2.49. The maximum atomic E-state index is 12.8. The predicted octanol–water partition coefficient (Wildman–Crippen LogP) is 3.58. The molecule has 0 aliphatic carbocycles. The Morgan fingerprint density at radius 2 is 1.45 bits per heavy atom. The second kappa shape index (κ2) is 8.78. The van der Waals surface area contributed by atoms with E-state index in [0.717, 1.165) is 0 Å². The maximum Gasteiger partial charge on any atom is 0.340 e. The fourth-order valence-electron chi connectivity index (χ4n) is 3.83. The van der Waals surface area contributed by atoms with Gasteiger partial charge in [0.25, 0.3) is 0 Å². The van der Waals surface area contributed by atoms with E-state index < -0.39 is 36.2 Å². The molecule has 164 valence electrons. The van der Waals surface area contributed by atoms with Crippen LogP contribution in [0.25, 0.3) is 0 Å². The summed E-state index contributed by atoms with van der Waals surface area (Å²) in [6.07, 6.45) is -2.78. The van der Waals surface area contributed by atoms with Crippen molar-refractivity contribution in [3.63, 3.8) is 0 Å². The third-order valence-corrected chi connectivity index (χ3v) is 5.48. The average molecular weight is 426 g/mol. The van der Waals surface area contributed by atoms with Crippen LogP contribution >= 0.6 is 0 Å². The average Bonchev–Trinajstić information content (AvgIpc) is 2.77. The lowest BCUT2D eigenvalue weighted by molar-refractivity contribution is -0.367. The number of benzene rings is 2. The number of carbonyl (C=O) groups is 2. The molecule has 4 rings (SSSR count). The van der Waals surface area contributed by atoms with Gasteiger partial charge in [-0.15, -0.1) is 0 Å². The summed E-state index contributed by atoms with van der Waals surface area (Å²) in [7, 11) is 0. The van der Waals surface area contributed by atoms with Crippen LogP contribution in [-0.4, -0.2) is 48.9 Å². The molecule has 0 saturated carbocycles. The molecule has 2 aliphatic rings. The summed E-state index contributed by atoms with van der Waals surface area (Å²) < 4.78 is 29.2. The van der Waals surface area contributed by atoms with Crippen molar-refractivity contribution in [3.05, 3.63) is 71.8 Å². The van der Waals surface area contributed by atoms with Gasteiger partial charge in [0, 0.05) is 5.92 Å². The zero-order valence-corrected chi connectivity index (χ0v) is 17.7. The van der Waals surface area contributed by atoms with E-state index in [1.807, 2.05) is 32.9 Å². The minimum absolute atomic E-state index is 0.279. The van der Waals surface area contributed by atoms with Crippen LogP contribution in [0.4, 0.5) is 0 Å². The van der Waals surface area contributed by atoms with E-state index in [1.165, 1.54) is 0 Å². The van der Waals surface area contributed by atoms with E-state index in [4.69, 9.17) is 23.7 Å². The summed E-state index contributed by atoms with van der Waals surface area (Å²) in [5.41, 5.74) is 0.782. The van der Waals surface area contributed by atoms with Crippen LogP contribution in [0.2, 0.25) is 0 Å². The van der Waals surface area contributed by atoms with E-state index in [1.54, 1.807) is 48.5 Å². The van der Waals surface area contributed by atoms with Crippen LogP contribution in [0.1, 0.15) is 41.5 Å². The number of rotatable bonds is 4. The van der Waals surface area contributed by atoms with E-state index in [9.17, 15) is 9.59 Å². The summed E-state index contributed by atoms with van der Waals surface area (Å²) >= 11 is 0. The van der Waals surface area contributed by atoms with Crippen molar-refractivity contribution in [2.75, 3.05) is 6.61 Å². The molecule has 0 aromatic heterocycles. The Morgan fingerprint density at radius 1 is 0.903 bits per heavy atom. The first-order valence-electron chi connectivity index (χ1n) is 10.3. The van der Waals surface area contributed by atoms with Gasteiger partial charge in [0.2, 0.25) is 6.29 Å². The third kappa shape index (κ3) is 4.79. The lowest BCUT2D eigenvalue weighted by Crippen LogP contribution is -2.62. The molecule has 0 radical (unpaired) electrons. The van der Waals surface area contributed by atoms with E-state index >= 15 is 0 Å². The number of esters is 2. The molecule has 0 amide bonds. The van der Waals surface area contributed by atoms with Crippen LogP contribution in [0.15, 0.2) is 60.7 Å². The van der Waals surface area contributed by atoms with Crippen molar-refractivity contribution in [2.45, 2.75) is 51.2 Å². The molecule has 31 heavy (non-hydrogen) atoms. The molecule has 7 nitrogen and oxygen atoms in total. The standard InChI is InChI=1S/C24H26O7/c1-15-19-18(14-27-24(2,3)31-19)28-23(30-22(26)17-12-8-5-9-13-17)20(15)29-21(25)16-10-6-4-7-11-16/h4-13,15,18-20,23H,14H2,1-3H3/t15-,18?,19-,20?,23-/m0/s1. The van der Waals surface area contributed by atoms with Gasteiger partial charge in [-0.3, -0.25) is 0 Å². The predicted molar refractivity (Wildman–Crippen MR) is 110 cm³/mol. The summed E-state index contributed by atoms with van der Waals surface area (Å²) in [4.78, 5) is 25.4. The van der Waals surface area contributed by atoms with Gasteiger partial charge in [0.15, 0.2) is 11.9 Å². The first-order chi connectivity index (χ1) is 14.8. The highest BCUT2D eigenvalue weighted by atomic mass is 16.8. The summed E-state index contributed by atoms with van der Waals surface area (Å²) in [5.74, 6) is -2.18. The van der Waals surface area contributed by atoms with Gasteiger partial charge in [-0.25, -0.2) is 9.59 Å². The number of hydrogen-bond acceptors (Lipinski definition) is 7. The Kier molecular flexibility index (Phi) is 6.09. The van der Waals surface area contributed by atoms with Gasteiger partial charge in [-0.1, -0.05) is 43.3 Å². The minimum Gasteiger partial charge on any atom is -0.452 e. The number of ether oxygens (including phenoxy) is 5. The van der Waals surface area contributed by atoms with Gasteiger partial charge in [-0.05, 0) is 38.1 Å². The van der Waals surface area contributed by atoms with Crippen LogP contribution in [-0.2, 0) is 23.7 Å². The largest absolute Gasteiger partial charge is 0.452 e. The molecular formula is C24H26O7. The zero-order valence-electron chi connectivity index (χ0n) is 17.7. The first-order valence-corrected chi connectivity index (χ1v) is 10.3. The SMILES string of the molecule is C[C@@H]1C(OC(=O)c2ccccc2)[C@H](OC(=O)c2ccccc2)OC2COC(C)(C)O[C@H]21. The van der Waals surface area contributed by atoms with E-state index in [-0.39, 0.29) is 18.6 Å². The number of fused-ring (bicyclic) bond motifs is 1. The van der Waals surface area contributed by atoms with E-state index in [2.05, 4.69) is 0 Å². The Bertz CT molecular complexity index is 912. The molecule has 0 spiro atoms. The molecule has 2 aromatic carbocycles. The summed E-state index contributed by atoms with van der Waals surface area (Å²) in [6, 6.07) is 17.3. The quantitative estimate of drug-likeness (QED) is 0.691. The van der Waals surface area contributed by atoms with Crippen molar-refractivity contribution < 1.29 is 33.3 Å². The van der Waals surface area contributed by atoms with Gasteiger partial charge < -0.3 is 23.7 Å². The Labute approximate surface area is 181 Å². The van der Waals surface area contributed by atoms with Crippen molar-refractivity contribution >= 4 is 11.9 Å². The van der Waals surface area contributed by atoms with Crippen molar-refractivity contribution in [1.82, 2.24) is 0 Å². The molecule has 2 aliphatic heterocycles. The monoisotopic (exact) mass is 426 g/mol. The topological polar surface area (TPSA) is 80.3 Å². The van der Waals surface area contributed by atoms with Gasteiger partial charge in [-0.2, -0.15) is 0 Å². The molecule has 2 saturated heterocycles.